The molecule has 0 aliphatic heterocycles. The van der Waals surface area contributed by atoms with Crippen molar-refractivity contribution in [2.45, 2.75) is 18.4 Å². The third kappa shape index (κ3) is 5.01. The summed E-state index contributed by atoms with van der Waals surface area (Å²) in [5, 5.41) is 0.193. The fourth-order valence-electron chi connectivity index (χ4n) is 2.74. The van der Waals surface area contributed by atoms with Crippen LogP contribution in [0.3, 0.4) is 0 Å². The highest BCUT2D eigenvalue weighted by molar-refractivity contribution is 7.89. The minimum Gasteiger partial charge on any atom is -0.493 e. The van der Waals surface area contributed by atoms with E-state index in [2.05, 4.69) is 0 Å². The molecule has 0 atom stereocenters. The van der Waals surface area contributed by atoms with Crippen LogP contribution < -0.4 is 9.47 Å². The van der Waals surface area contributed by atoms with E-state index < -0.39 is 10.0 Å². The van der Waals surface area contributed by atoms with Crippen LogP contribution in [-0.4, -0.2) is 58.4 Å². The average Bonchev–Trinajstić information content (AvgIpc) is 2.71. The third-order valence-corrected chi connectivity index (χ3v) is 6.58. The number of sulfonamides is 1. The number of amides is 1. The number of hydrogen-bond donors (Lipinski definition) is 0. The molecule has 0 heterocycles. The van der Waals surface area contributed by atoms with Gasteiger partial charge in [-0.3, -0.25) is 4.79 Å². The normalized spacial score (nSPS) is 11.4. The van der Waals surface area contributed by atoms with Crippen LogP contribution in [0.2, 0.25) is 5.02 Å². The second-order valence-corrected chi connectivity index (χ2v) is 9.00. The van der Waals surface area contributed by atoms with Crippen LogP contribution in [0.1, 0.15) is 22.8 Å². The minimum atomic E-state index is -3.68. The van der Waals surface area contributed by atoms with Crippen LogP contribution in [0.25, 0.3) is 0 Å². The van der Waals surface area contributed by atoms with Crippen molar-refractivity contribution in [3.05, 3.63) is 52.5 Å². The Balaban J connectivity index is 2.37. The first kappa shape index (κ1) is 23.0. The van der Waals surface area contributed by atoms with E-state index in [0.29, 0.717) is 24.6 Å². The van der Waals surface area contributed by atoms with E-state index in [1.807, 2.05) is 13.0 Å². The second kappa shape index (κ2) is 9.47. The van der Waals surface area contributed by atoms with Gasteiger partial charge in [0.2, 0.25) is 10.0 Å². The Morgan fingerprint density at radius 2 is 1.69 bits per heavy atom. The first-order valence-corrected chi connectivity index (χ1v) is 10.7. The van der Waals surface area contributed by atoms with Gasteiger partial charge in [0.05, 0.1) is 29.7 Å². The zero-order valence-electron chi connectivity index (χ0n) is 17.1. The summed E-state index contributed by atoms with van der Waals surface area (Å²) in [6.07, 6.45) is 0. The van der Waals surface area contributed by atoms with E-state index in [-0.39, 0.29) is 21.4 Å². The van der Waals surface area contributed by atoms with Crippen LogP contribution in [0, 0.1) is 0 Å². The lowest BCUT2D eigenvalue weighted by molar-refractivity contribution is 0.0752. The Labute approximate surface area is 176 Å². The summed E-state index contributed by atoms with van der Waals surface area (Å²) in [6, 6.07) is 9.53. The molecule has 7 nitrogen and oxygen atoms in total. The monoisotopic (exact) mass is 440 g/mol. The molecule has 2 aromatic rings. The molecular weight excluding hydrogens is 416 g/mol. The minimum absolute atomic E-state index is 0.0115. The summed E-state index contributed by atoms with van der Waals surface area (Å²) in [6.45, 7) is 2.55. The largest absolute Gasteiger partial charge is 0.493 e. The predicted molar refractivity (Wildman–Crippen MR) is 112 cm³/mol. The fourth-order valence-corrected chi connectivity index (χ4v) is 3.86. The molecule has 0 aliphatic carbocycles. The van der Waals surface area contributed by atoms with Gasteiger partial charge in [0.25, 0.3) is 5.91 Å². The lowest BCUT2D eigenvalue weighted by Crippen LogP contribution is -2.31. The standard InChI is InChI=1S/C20H25ClN2O5S/c1-6-23(13-14-7-10-18(27-4)19(11-14)28-5)20(24)16-12-15(8-9-17(16)21)29(25,26)22(2)3/h7-12H,6,13H2,1-5H3. The van der Waals surface area contributed by atoms with Crippen LogP contribution in [0.5, 0.6) is 11.5 Å². The topological polar surface area (TPSA) is 76.1 Å². The maximum Gasteiger partial charge on any atom is 0.255 e. The number of halogens is 1. The van der Waals surface area contributed by atoms with Gasteiger partial charge in [-0.05, 0) is 42.8 Å². The van der Waals surface area contributed by atoms with Crippen LogP contribution in [0.15, 0.2) is 41.3 Å². The second-order valence-electron chi connectivity index (χ2n) is 6.44. The van der Waals surface area contributed by atoms with Crippen LogP contribution >= 0.6 is 11.6 Å². The van der Waals surface area contributed by atoms with Gasteiger partial charge in [0.1, 0.15) is 0 Å². The van der Waals surface area contributed by atoms with Crippen molar-refractivity contribution in [1.29, 1.82) is 0 Å². The Hall–Kier alpha value is -2.29. The van der Waals surface area contributed by atoms with Gasteiger partial charge >= 0.3 is 0 Å². The number of benzene rings is 2. The molecule has 0 unspecified atom stereocenters. The average molecular weight is 441 g/mol. The molecule has 0 saturated carbocycles. The zero-order chi connectivity index (χ0) is 21.8. The van der Waals surface area contributed by atoms with Gasteiger partial charge in [0, 0.05) is 27.2 Å². The van der Waals surface area contributed by atoms with E-state index in [1.54, 1.807) is 31.3 Å². The molecular formula is C20H25ClN2O5S. The number of carbonyl (C=O) groups excluding carboxylic acids is 1. The highest BCUT2D eigenvalue weighted by Crippen LogP contribution is 2.29. The van der Waals surface area contributed by atoms with E-state index in [4.69, 9.17) is 21.1 Å². The Morgan fingerprint density at radius 3 is 2.24 bits per heavy atom. The number of carbonyl (C=O) groups is 1. The molecule has 2 rings (SSSR count). The molecule has 1 amide bonds. The number of hydrogen-bond acceptors (Lipinski definition) is 5. The molecule has 0 radical (unpaired) electrons. The molecule has 0 fully saturated rings. The van der Waals surface area contributed by atoms with Gasteiger partial charge in [-0.2, -0.15) is 0 Å². The number of nitrogens with zero attached hydrogens (tertiary/aromatic N) is 2. The predicted octanol–water partition coefficient (Wildman–Crippen LogP) is 3.27. The maximum absolute atomic E-state index is 13.1. The van der Waals surface area contributed by atoms with Crippen molar-refractivity contribution >= 4 is 27.5 Å². The summed E-state index contributed by atoms with van der Waals surface area (Å²) >= 11 is 6.22. The summed E-state index contributed by atoms with van der Waals surface area (Å²) < 4.78 is 36.5. The molecule has 0 bridgehead atoms. The van der Waals surface area contributed by atoms with Crippen molar-refractivity contribution in [3.8, 4) is 11.5 Å². The highest BCUT2D eigenvalue weighted by Gasteiger charge is 2.23. The lowest BCUT2D eigenvalue weighted by atomic mass is 10.1. The molecule has 0 saturated heterocycles. The van der Waals surface area contributed by atoms with Crippen molar-refractivity contribution in [2.24, 2.45) is 0 Å². The summed E-state index contributed by atoms with van der Waals surface area (Å²) in [5.41, 5.74) is 0.975. The lowest BCUT2D eigenvalue weighted by Gasteiger charge is -2.23. The molecule has 158 valence electrons. The van der Waals surface area contributed by atoms with E-state index in [0.717, 1.165) is 9.87 Å². The van der Waals surface area contributed by atoms with E-state index in [1.165, 1.54) is 32.3 Å². The summed E-state index contributed by atoms with van der Waals surface area (Å²) in [5.74, 6) is 0.795. The molecule has 0 aliphatic rings. The molecule has 9 heteroatoms. The Morgan fingerprint density at radius 1 is 1.03 bits per heavy atom. The number of rotatable bonds is 8. The molecule has 0 N–H and O–H groups in total. The first-order chi connectivity index (χ1) is 13.6. The Kier molecular flexibility index (Phi) is 7.51. The van der Waals surface area contributed by atoms with Crippen molar-refractivity contribution in [1.82, 2.24) is 9.21 Å². The summed E-state index contributed by atoms with van der Waals surface area (Å²) in [4.78, 5) is 14.7. The number of ether oxygens (including phenoxy) is 2. The van der Waals surface area contributed by atoms with Gasteiger partial charge in [-0.25, -0.2) is 12.7 Å². The van der Waals surface area contributed by atoms with Crippen LogP contribution in [-0.2, 0) is 16.6 Å². The molecule has 0 aromatic heterocycles. The SMILES string of the molecule is CCN(Cc1ccc(OC)c(OC)c1)C(=O)c1cc(S(=O)(=O)N(C)C)ccc1Cl. The zero-order valence-corrected chi connectivity index (χ0v) is 18.7. The van der Waals surface area contributed by atoms with Gasteiger partial charge < -0.3 is 14.4 Å². The summed E-state index contributed by atoms with van der Waals surface area (Å²) in [7, 11) is 2.27. The fraction of sp³-hybridized carbons (Fsp3) is 0.350. The van der Waals surface area contributed by atoms with Crippen molar-refractivity contribution in [3.63, 3.8) is 0 Å². The molecule has 29 heavy (non-hydrogen) atoms. The van der Waals surface area contributed by atoms with Gasteiger partial charge in [-0.15, -0.1) is 0 Å². The third-order valence-electron chi connectivity index (χ3n) is 4.44. The quantitative estimate of drug-likeness (QED) is 0.629. The van der Waals surface area contributed by atoms with Gasteiger partial charge in [0.15, 0.2) is 11.5 Å². The smallest absolute Gasteiger partial charge is 0.255 e. The van der Waals surface area contributed by atoms with E-state index >= 15 is 0 Å². The highest BCUT2D eigenvalue weighted by atomic mass is 35.5. The maximum atomic E-state index is 13.1. The number of methoxy groups -OCH3 is 2. The van der Waals surface area contributed by atoms with Crippen LogP contribution in [0.4, 0.5) is 0 Å². The first-order valence-electron chi connectivity index (χ1n) is 8.88. The van der Waals surface area contributed by atoms with Gasteiger partial charge in [-0.1, -0.05) is 17.7 Å². The van der Waals surface area contributed by atoms with E-state index in [9.17, 15) is 13.2 Å². The molecule has 0 spiro atoms. The van der Waals surface area contributed by atoms with Crippen molar-refractivity contribution in [2.75, 3.05) is 34.9 Å². The Bertz CT molecular complexity index is 992. The molecule has 2 aromatic carbocycles. The van der Waals surface area contributed by atoms with Crippen molar-refractivity contribution < 1.29 is 22.7 Å².